The van der Waals surface area contributed by atoms with Crippen molar-refractivity contribution in [2.24, 2.45) is 5.41 Å². The first-order chi connectivity index (χ1) is 32.6. The van der Waals surface area contributed by atoms with E-state index in [0.29, 0.717) is 0 Å². The third-order valence-electron chi connectivity index (χ3n) is 17.1. The second-order valence-electron chi connectivity index (χ2n) is 24.8. The number of hydrogen-bond acceptors (Lipinski definition) is 3. The van der Waals surface area contributed by atoms with Crippen molar-refractivity contribution in [2.45, 2.75) is 144 Å². The minimum Gasteiger partial charge on any atom is -0.454 e. The summed E-state index contributed by atoms with van der Waals surface area (Å²) < 4.78 is 6.97. The highest BCUT2D eigenvalue weighted by Gasteiger charge is 2.54. The van der Waals surface area contributed by atoms with Gasteiger partial charge in [-0.15, -0.1) is 0 Å². The zero-order valence-electron chi connectivity index (χ0n) is 43.6. The molecule has 2 unspecified atom stereocenters. The molecule has 1 saturated carbocycles. The van der Waals surface area contributed by atoms with Gasteiger partial charge in [-0.25, -0.2) is 0 Å². The van der Waals surface area contributed by atoms with E-state index in [0.717, 1.165) is 51.1 Å². The maximum Gasteiger partial charge on any atom is 0.247 e. The summed E-state index contributed by atoms with van der Waals surface area (Å²) in [5.74, 6) is 0. The number of hydrogen-bond donors (Lipinski definition) is 0. The Labute approximate surface area is 413 Å². The molecule has 2 heterocycles. The van der Waals surface area contributed by atoms with Crippen LogP contribution in [0.2, 0.25) is 0 Å². The summed E-state index contributed by atoms with van der Waals surface area (Å²) in [7, 11) is 0. The van der Waals surface area contributed by atoms with Gasteiger partial charge in [-0.05, 0) is 159 Å². The monoisotopic (exact) mass is 907 g/mol. The average Bonchev–Trinajstić information content (AvgIpc) is 3.80. The van der Waals surface area contributed by atoms with Crippen molar-refractivity contribution in [3.05, 3.63) is 172 Å². The summed E-state index contributed by atoms with van der Waals surface area (Å²) in [6, 6.07) is 51.3. The van der Waals surface area contributed by atoms with Gasteiger partial charge in [0.05, 0.1) is 5.69 Å². The first-order valence-electron chi connectivity index (χ1n) is 25.8. The average molecular weight is 907 g/mol. The van der Waals surface area contributed by atoms with Crippen LogP contribution in [-0.2, 0) is 28.1 Å². The maximum absolute atomic E-state index is 6.97. The molecule has 8 aromatic rings. The summed E-state index contributed by atoms with van der Waals surface area (Å²) in [6.45, 7) is 30.9. The van der Waals surface area contributed by atoms with Crippen molar-refractivity contribution in [1.29, 1.82) is 0 Å². The lowest BCUT2D eigenvalue weighted by Crippen LogP contribution is -2.59. The van der Waals surface area contributed by atoms with Crippen molar-refractivity contribution in [2.75, 3.05) is 9.80 Å². The molecule has 1 aliphatic heterocycles. The summed E-state index contributed by atoms with van der Waals surface area (Å²) >= 11 is 0. The zero-order valence-corrected chi connectivity index (χ0v) is 43.6. The third kappa shape index (κ3) is 7.29. The van der Waals surface area contributed by atoms with Crippen LogP contribution in [-0.4, -0.2) is 6.71 Å². The normalized spacial score (nSPS) is 19.1. The highest BCUT2D eigenvalue weighted by molar-refractivity contribution is 6.98. The van der Waals surface area contributed by atoms with Crippen LogP contribution in [0.4, 0.5) is 34.1 Å². The van der Waals surface area contributed by atoms with Gasteiger partial charge in [0.1, 0.15) is 5.58 Å². The van der Waals surface area contributed by atoms with E-state index in [1.54, 1.807) is 11.1 Å². The molecule has 0 spiro atoms. The van der Waals surface area contributed by atoms with E-state index in [9.17, 15) is 0 Å². The Morgan fingerprint density at radius 3 is 1.81 bits per heavy atom. The molecule has 1 fully saturated rings. The summed E-state index contributed by atoms with van der Waals surface area (Å²) in [6.07, 6.45) is 6.26. The number of nitrogens with zero attached hydrogens (tertiary/aromatic N) is 2. The van der Waals surface area contributed by atoms with Gasteiger partial charge in [-0.1, -0.05) is 179 Å². The molecule has 0 saturated heterocycles. The fourth-order valence-corrected chi connectivity index (χ4v) is 12.8. The lowest BCUT2D eigenvalue weighted by Gasteiger charge is -2.46. The Kier molecular flexibility index (Phi) is 10.4. The van der Waals surface area contributed by atoms with Crippen LogP contribution >= 0.6 is 0 Å². The molecule has 350 valence electrons. The predicted octanol–water partition coefficient (Wildman–Crippen LogP) is 16.3. The van der Waals surface area contributed by atoms with E-state index in [2.05, 4.69) is 233 Å². The summed E-state index contributed by atoms with van der Waals surface area (Å²) in [5, 5.41) is 2.27. The summed E-state index contributed by atoms with van der Waals surface area (Å²) in [4.78, 5) is 5.03. The highest BCUT2D eigenvalue weighted by atomic mass is 16.3. The molecule has 0 N–H and O–H groups in total. The molecule has 3 nitrogen and oxygen atoms in total. The molecule has 7 aromatic carbocycles. The highest BCUT2D eigenvalue weighted by Crippen LogP contribution is 2.59. The Hall–Kier alpha value is -6.00. The van der Waals surface area contributed by atoms with E-state index in [-0.39, 0.29) is 33.8 Å². The molecule has 3 aliphatic rings. The number of para-hydroxylation sites is 2. The van der Waals surface area contributed by atoms with Crippen LogP contribution in [0.5, 0.6) is 0 Å². The summed E-state index contributed by atoms with van der Waals surface area (Å²) in [5.41, 5.74) is 23.2. The van der Waals surface area contributed by atoms with E-state index >= 15 is 0 Å². The number of rotatable bonds is 5. The van der Waals surface area contributed by atoms with Gasteiger partial charge >= 0.3 is 0 Å². The number of anilines is 6. The number of benzene rings is 7. The van der Waals surface area contributed by atoms with Crippen LogP contribution < -0.4 is 26.2 Å². The number of furan rings is 1. The van der Waals surface area contributed by atoms with Crippen molar-refractivity contribution in [3.63, 3.8) is 0 Å². The van der Waals surface area contributed by atoms with Crippen LogP contribution in [0.1, 0.15) is 141 Å². The Morgan fingerprint density at radius 2 is 1.16 bits per heavy atom. The molecule has 0 bridgehead atoms. The first-order valence-corrected chi connectivity index (χ1v) is 25.8. The lowest BCUT2D eigenvalue weighted by atomic mass is 9.33. The molecule has 11 rings (SSSR count). The Bertz CT molecular complexity index is 3260. The largest absolute Gasteiger partial charge is 0.454 e. The Morgan fingerprint density at radius 1 is 0.551 bits per heavy atom. The Balaban J connectivity index is 1.22. The van der Waals surface area contributed by atoms with E-state index in [1.807, 2.05) is 0 Å². The molecule has 2 atom stereocenters. The van der Waals surface area contributed by atoms with Crippen molar-refractivity contribution in [1.82, 2.24) is 0 Å². The lowest BCUT2D eigenvalue weighted by molar-refractivity contribution is 0.109. The van der Waals surface area contributed by atoms with E-state index in [1.165, 1.54) is 81.3 Å². The fourth-order valence-electron chi connectivity index (χ4n) is 12.8. The second-order valence-corrected chi connectivity index (χ2v) is 24.8. The van der Waals surface area contributed by atoms with E-state index in [4.69, 9.17) is 4.42 Å². The van der Waals surface area contributed by atoms with Gasteiger partial charge in [-0.3, -0.25) is 0 Å². The quantitative estimate of drug-likeness (QED) is 0.160. The van der Waals surface area contributed by atoms with E-state index < -0.39 is 0 Å². The SMILES string of the molecule is Cc1cc(C)c2c(c1)N(c1cccc3c1oc1ccccc13)c1cc(N(c3ccc(C(C)(C)C)cc3)c3ccc(C(C)(C)C)cc3)ccc1B2c1cc(C(C)(C)C)cc2c1CC1(C)CCCCC21C. The maximum atomic E-state index is 6.97. The molecule has 4 heteroatoms. The molecular formula is C65H71BN2O. The molecule has 2 aliphatic carbocycles. The molecular weight excluding hydrogens is 836 g/mol. The smallest absolute Gasteiger partial charge is 0.247 e. The van der Waals surface area contributed by atoms with Gasteiger partial charge in [0.15, 0.2) is 5.58 Å². The first kappa shape index (κ1) is 45.4. The topological polar surface area (TPSA) is 19.6 Å². The van der Waals surface area contributed by atoms with Gasteiger partial charge in [0, 0.05) is 39.2 Å². The van der Waals surface area contributed by atoms with Crippen molar-refractivity contribution >= 4 is 79.2 Å². The number of aryl methyl sites for hydroxylation is 2. The minimum atomic E-state index is -0.0190. The van der Waals surface area contributed by atoms with Crippen LogP contribution in [0.25, 0.3) is 21.9 Å². The van der Waals surface area contributed by atoms with Gasteiger partial charge in [0.25, 0.3) is 0 Å². The predicted molar refractivity (Wildman–Crippen MR) is 297 cm³/mol. The number of fused-ring (bicyclic) bond motifs is 8. The molecule has 0 radical (unpaired) electrons. The van der Waals surface area contributed by atoms with Crippen molar-refractivity contribution in [3.8, 4) is 0 Å². The standard InChI is InChI=1S/C65H71BN2O/c1-41-35-42(2)59-57(36-41)68(55-21-18-20-50-49-19-14-15-22-58(49)69-60(50)55)56-39-48(67(46-27-23-43(24-28-46)61(3,4)5)47-29-25-44(26-30-47)62(6,7)8)31-32-53(56)66(59)54-38-45(63(9,10)11)37-52-51(54)40-64(12)33-16-17-34-65(52,64)13/h14-15,18-32,35-39H,16-17,33-34,40H2,1-13H3. The molecule has 0 amide bonds. The van der Waals surface area contributed by atoms with Gasteiger partial charge in [-0.2, -0.15) is 0 Å². The third-order valence-corrected chi connectivity index (χ3v) is 17.1. The molecule has 69 heavy (non-hydrogen) atoms. The van der Waals surface area contributed by atoms with Gasteiger partial charge in [0.2, 0.25) is 6.71 Å². The van der Waals surface area contributed by atoms with Crippen molar-refractivity contribution < 1.29 is 4.42 Å². The van der Waals surface area contributed by atoms with Gasteiger partial charge < -0.3 is 14.2 Å². The molecule has 1 aromatic heterocycles. The second kappa shape index (κ2) is 15.8. The fraction of sp³-hybridized carbons (Fsp3) is 0.354. The van der Waals surface area contributed by atoms with Crippen LogP contribution in [0.3, 0.4) is 0 Å². The van der Waals surface area contributed by atoms with Crippen LogP contribution in [0, 0.1) is 19.3 Å². The minimum absolute atomic E-state index is 0.0183. The zero-order chi connectivity index (χ0) is 48.6. The van der Waals surface area contributed by atoms with Crippen LogP contribution in [0.15, 0.2) is 138 Å².